The van der Waals surface area contributed by atoms with E-state index in [0.717, 1.165) is 49.8 Å². The van der Waals surface area contributed by atoms with E-state index < -0.39 is 0 Å². The number of nitrogens with one attached hydrogen (secondary N) is 1. The lowest BCUT2D eigenvalue weighted by atomic mass is 9.94. The molecular weight excluding hydrogens is 266 g/mol. The third-order valence-corrected chi connectivity index (χ3v) is 4.29. The number of hydrogen-bond acceptors (Lipinski definition) is 3. The molecule has 0 spiro atoms. The smallest absolute Gasteiger partial charge is 0.267 e. The van der Waals surface area contributed by atoms with Crippen LogP contribution in [0.2, 0.25) is 0 Å². The third-order valence-electron chi connectivity index (χ3n) is 4.29. The molecule has 1 unspecified atom stereocenters. The molecule has 0 radical (unpaired) electrons. The molecular formula is C16H21N3O2. The van der Waals surface area contributed by atoms with E-state index in [1.54, 1.807) is 6.07 Å². The van der Waals surface area contributed by atoms with Gasteiger partial charge in [-0.25, -0.2) is 4.68 Å². The summed E-state index contributed by atoms with van der Waals surface area (Å²) >= 11 is 0. The quantitative estimate of drug-likeness (QED) is 0.846. The molecule has 1 atom stereocenters. The van der Waals surface area contributed by atoms with Gasteiger partial charge in [-0.3, -0.25) is 9.59 Å². The Labute approximate surface area is 124 Å². The summed E-state index contributed by atoms with van der Waals surface area (Å²) in [6.07, 6.45) is 9.91. The van der Waals surface area contributed by atoms with E-state index in [-0.39, 0.29) is 17.4 Å². The van der Waals surface area contributed by atoms with Gasteiger partial charge in [0.05, 0.1) is 12.2 Å². The highest BCUT2D eigenvalue weighted by Gasteiger charge is 2.18. The summed E-state index contributed by atoms with van der Waals surface area (Å²) in [5, 5.41) is 7.33. The molecule has 2 aliphatic rings. The largest absolute Gasteiger partial charge is 0.354 e. The zero-order chi connectivity index (χ0) is 14.7. The third kappa shape index (κ3) is 3.23. The summed E-state index contributed by atoms with van der Waals surface area (Å²) in [6.45, 7) is 0.908. The predicted octanol–water partition coefficient (Wildman–Crippen LogP) is 1.20. The average Bonchev–Trinajstić information content (AvgIpc) is 2.95. The van der Waals surface area contributed by atoms with Crippen molar-refractivity contribution in [2.24, 2.45) is 5.92 Å². The van der Waals surface area contributed by atoms with Gasteiger partial charge in [-0.15, -0.1) is 0 Å². The van der Waals surface area contributed by atoms with Gasteiger partial charge in [0.25, 0.3) is 5.56 Å². The Bertz CT molecular complexity index is 618. The molecule has 0 bridgehead atoms. The van der Waals surface area contributed by atoms with Gasteiger partial charge in [0, 0.05) is 18.5 Å². The molecule has 0 aliphatic heterocycles. The molecule has 0 fully saturated rings. The number of carbonyl (C=O) groups is 1. The van der Waals surface area contributed by atoms with Crippen LogP contribution in [-0.2, 0) is 24.2 Å². The highest BCUT2D eigenvalue weighted by molar-refractivity contribution is 5.78. The molecule has 0 aromatic carbocycles. The SMILES string of the molecule is O=C(NCCn1nc2c(cc1=O)CCC2)C1CC=CCC1. The van der Waals surface area contributed by atoms with Crippen molar-refractivity contribution in [3.05, 3.63) is 39.8 Å². The summed E-state index contributed by atoms with van der Waals surface area (Å²) in [4.78, 5) is 23.9. The van der Waals surface area contributed by atoms with E-state index in [2.05, 4.69) is 22.6 Å². The van der Waals surface area contributed by atoms with E-state index >= 15 is 0 Å². The van der Waals surface area contributed by atoms with E-state index in [4.69, 9.17) is 0 Å². The van der Waals surface area contributed by atoms with Gasteiger partial charge in [0.2, 0.25) is 5.91 Å². The number of aromatic nitrogens is 2. The second-order valence-electron chi connectivity index (χ2n) is 5.80. The fraction of sp³-hybridized carbons (Fsp3) is 0.562. The van der Waals surface area contributed by atoms with Gasteiger partial charge in [0.15, 0.2) is 0 Å². The lowest BCUT2D eigenvalue weighted by molar-refractivity contribution is -0.125. The molecule has 1 N–H and O–H groups in total. The lowest BCUT2D eigenvalue weighted by Gasteiger charge is -2.17. The van der Waals surface area contributed by atoms with Gasteiger partial charge in [0.1, 0.15) is 0 Å². The second kappa shape index (κ2) is 6.24. The van der Waals surface area contributed by atoms with Gasteiger partial charge in [-0.05, 0) is 44.1 Å². The Morgan fingerprint density at radius 3 is 3.10 bits per heavy atom. The van der Waals surface area contributed by atoms with Crippen molar-refractivity contribution < 1.29 is 4.79 Å². The Balaban J connectivity index is 1.55. The van der Waals surface area contributed by atoms with Crippen LogP contribution < -0.4 is 10.9 Å². The monoisotopic (exact) mass is 287 g/mol. The topological polar surface area (TPSA) is 64.0 Å². The van der Waals surface area contributed by atoms with Crippen LogP contribution in [0.15, 0.2) is 23.0 Å². The first-order valence-electron chi connectivity index (χ1n) is 7.76. The molecule has 1 aromatic rings. The van der Waals surface area contributed by atoms with Gasteiger partial charge in [-0.1, -0.05) is 12.2 Å². The zero-order valence-corrected chi connectivity index (χ0v) is 12.2. The minimum atomic E-state index is -0.0644. The Morgan fingerprint density at radius 1 is 1.38 bits per heavy atom. The molecule has 2 aliphatic carbocycles. The number of nitrogens with zero attached hydrogens (tertiary/aromatic N) is 2. The zero-order valence-electron chi connectivity index (χ0n) is 12.2. The number of fused-ring (bicyclic) bond motifs is 1. The molecule has 1 aromatic heterocycles. The average molecular weight is 287 g/mol. The normalized spacial score (nSPS) is 20.3. The molecule has 3 rings (SSSR count). The summed E-state index contributed by atoms with van der Waals surface area (Å²) in [7, 11) is 0. The number of aryl methyl sites for hydroxylation is 2. The lowest BCUT2D eigenvalue weighted by Crippen LogP contribution is -2.36. The van der Waals surface area contributed by atoms with E-state index in [1.165, 1.54) is 4.68 Å². The number of rotatable bonds is 4. The van der Waals surface area contributed by atoms with Crippen LogP contribution in [0.1, 0.15) is 36.9 Å². The molecule has 0 saturated heterocycles. The molecule has 0 saturated carbocycles. The van der Waals surface area contributed by atoms with Crippen molar-refractivity contribution in [3.63, 3.8) is 0 Å². The molecule has 21 heavy (non-hydrogen) atoms. The van der Waals surface area contributed by atoms with Gasteiger partial charge in [-0.2, -0.15) is 5.10 Å². The van der Waals surface area contributed by atoms with Crippen LogP contribution in [0.5, 0.6) is 0 Å². The van der Waals surface area contributed by atoms with Crippen LogP contribution >= 0.6 is 0 Å². The molecule has 5 nitrogen and oxygen atoms in total. The van der Waals surface area contributed by atoms with E-state index in [0.29, 0.717) is 13.1 Å². The molecule has 5 heteroatoms. The minimum Gasteiger partial charge on any atom is -0.354 e. The van der Waals surface area contributed by atoms with Crippen LogP contribution in [0.3, 0.4) is 0 Å². The summed E-state index contributed by atoms with van der Waals surface area (Å²) in [5.41, 5.74) is 2.07. The number of allylic oxidation sites excluding steroid dienone is 2. The Kier molecular flexibility index (Phi) is 4.18. The van der Waals surface area contributed by atoms with Crippen LogP contribution in [0.25, 0.3) is 0 Å². The van der Waals surface area contributed by atoms with E-state index in [9.17, 15) is 9.59 Å². The van der Waals surface area contributed by atoms with Crippen molar-refractivity contribution in [3.8, 4) is 0 Å². The fourth-order valence-electron chi connectivity index (χ4n) is 3.06. The van der Waals surface area contributed by atoms with Crippen molar-refractivity contribution in [2.45, 2.75) is 45.1 Å². The molecule has 1 heterocycles. The van der Waals surface area contributed by atoms with Gasteiger partial charge >= 0.3 is 0 Å². The predicted molar refractivity (Wildman–Crippen MR) is 80.0 cm³/mol. The van der Waals surface area contributed by atoms with E-state index in [1.807, 2.05) is 0 Å². The van der Waals surface area contributed by atoms with Crippen LogP contribution in [0, 0.1) is 5.92 Å². The maximum Gasteiger partial charge on any atom is 0.267 e. The maximum atomic E-state index is 12.0. The number of hydrogen-bond donors (Lipinski definition) is 1. The van der Waals surface area contributed by atoms with Crippen LogP contribution in [-0.4, -0.2) is 22.2 Å². The first-order valence-corrected chi connectivity index (χ1v) is 7.76. The van der Waals surface area contributed by atoms with Crippen molar-refractivity contribution in [1.29, 1.82) is 0 Å². The summed E-state index contributed by atoms with van der Waals surface area (Å²) in [5.74, 6) is 0.174. The second-order valence-corrected chi connectivity index (χ2v) is 5.80. The highest BCUT2D eigenvalue weighted by Crippen LogP contribution is 2.18. The summed E-state index contributed by atoms with van der Waals surface area (Å²) < 4.78 is 1.48. The highest BCUT2D eigenvalue weighted by atomic mass is 16.2. The van der Waals surface area contributed by atoms with Gasteiger partial charge < -0.3 is 5.32 Å². The fourth-order valence-corrected chi connectivity index (χ4v) is 3.06. The molecule has 1 amide bonds. The Morgan fingerprint density at radius 2 is 2.29 bits per heavy atom. The minimum absolute atomic E-state index is 0.0644. The first-order chi connectivity index (χ1) is 10.2. The summed E-state index contributed by atoms with van der Waals surface area (Å²) in [6, 6.07) is 1.70. The van der Waals surface area contributed by atoms with Crippen LogP contribution in [0.4, 0.5) is 0 Å². The molecule has 112 valence electrons. The first kappa shape index (κ1) is 14.0. The standard InChI is InChI=1S/C16H21N3O2/c20-15-11-13-7-4-8-14(13)18-19(15)10-9-17-16(21)12-5-2-1-3-6-12/h1-2,11-12H,3-10H2,(H,17,21). The number of amides is 1. The van der Waals surface area contributed by atoms with Crippen molar-refractivity contribution >= 4 is 5.91 Å². The van der Waals surface area contributed by atoms with Crippen molar-refractivity contribution in [2.75, 3.05) is 6.54 Å². The number of carbonyl (C=O) groups excluding carboxylic acids is 1. The van der Waals surface area contributed by atoms with Crippen molar-refractivity contribution in [1.82, 2.24) is 15.1 Å². The Hall–Kier alpha value is -1.91. The maximum absolute atomic E-state index is 12.0.